The summed E-state index contributed by atoms with van der Waals surface area (Å²) < 4.78 is 37.7. The van der Waals surface area contributed by atoms with Crippen LogP contribution in [0, 0.1) is 11.6 Å². The summed E-state index contributed by atoms with van der Waals surface area (Å²) in [5.41, 5.74) is 2.30. The smallest absolute Gasteiger partial charge is 0.168 e. The molecular formula is C21H17ClF2O2. The average molecular weight is 375 g/mol. The number of rotatable bonds is 6. The van der Waals surface area contributed by atoms with Crippen LogP contribution in [-0.4, -0.2) is 0 Å². The van der Waals surface area contributed by atoms with E-state index in [1.807, 2.05) is 12.1 Å². The van der Waals surface area contributed by atoms with Gasteiger partial charge in [0.1, 0.15) is 23.9 Å². The highest BCUT2D eigenvalue weighted by Crippen LogP contribution is 2.32. The topological polar surface area (TPSA) is 18.5 Å². The summed E-state index contributed by atoms with van der Waals surface area (Å²) in [6.45, 7) is 2.49. The molecule has 0 atom stereocenters. The van der Waals surface area contributed by atoms with E-state index in [9.17, 15) is 8.78 Å². The largest absolute Gasteiger partial charge is 0.487 e. The second kappa shape index (κ2) is 8.19. The Morgan fingerprint density at radius 3 is 2.19 bits per heavy atom. The molecule has 0 amide bonds. The third kappa shape index (κ3) is 4.52. The van der Waals surface area contributed by atoms with Gasteiger partial charge in [-0.2, -0.15) is 0 Å². The molecule has 3 aromatic rings. The number of hydrogen-bond donors (Lipinski definition) is 0. The molecule has 0 bridgehead atoms. The number of hydrogen-bond acceptors (Lipinski definition) is 2. The van der Waals surface area contributed by atoms with Gasteiger partial charge in [-0.15, -0.1) is 0 Å². The molecule has 0 N–H and O–H groups in total. The van der Waals surface area contributed by atoms with Crippen molar-refractivity contribution >= 4 is 11.6 Å². The van der Waals surface area contributed by atoms with Crippen molar-refractivity contribution in [1.82, 2.24) is 0 Å². The molecule has 0 aliphatic heterocycles. The number of aryl methyl sites for hydroxylation is 1. The molecule has 0 saturated heterocycles. The van der Waals surface area contributed by atoms with E-state index in [1.165, 1.54) is 17.7 Å². The van der Waals surface area contributed by atoms with Crippen molar-refractivity contribution in [1.29, 1.82) is 0 Å². The van der Waals surface area contributed by atoms with Crippen molar-refractivity contribution in [2.24, 2.45) is 0 Å². The van der Waals surface area contributed by atoms with Crippen LogP contribution in [0.25, 0.3) is 0 Å². The van der Waals surface area contributed by atoms with Crippen LogP contribution >= 0.6 is 11.6 Å². The van der Waals surface area contributed by atoms with Crippen LogP contribution in [0.5, 0.6) is 17.2 Å². The standard InChI is InChI=1S/C21H17ClF2O2/c1-2-14-3-5-15(6-4-14)13-25-20-10-8-17(12-18(20)22)26-21-9-7-16(23)11-19(21)24/h3-12H,2,13H2,1H3. The molecule has 2 nitrogen and oxygen atoms in total. The van der Waals surface area contributed by atoms with Crippen molar-refractivity contribution in [2.45, 2.75) is 20.0 Å². The van der Waals surface area contributed by atoms with Crippen molar-refractivity contribution in [3.8, 4) is 17.2 Å². The minimum Gasteiger partial charge on any atom is -0.487 e. The Morgan fingerprint density at radius 2 is 1.54 bits per heavy atom. The van der Waals surface area contributed by atoms with Crippen molar-refractivity contribution in [2.75, 3.05) is 0 Å². The number of halogens is 3. The van der Waals surface area contributed by atoms with Gasteiger partial charge in [0, 0.05) is 12.1 Å². The van der Waals surface area contributed by atoms with E-state index in [2.05, 4.69) is 19.1 Å². The first-order chi connectivity index (χ1) is 12.5. The second-order valence-corrected chi connectivity index (χ2v) is 6.13. The predicted molar refractivity (Wildman–Crippen MR) is 98.0 cm³/mol. The Labute approximate surface area is 156 Å². The molecule has 3 rings (SSSR count). The minimum absolute atomic E-state index is 0.0767. The molecular weight excluding hydrogens is 358 g/mol. The van der Waals surface area contributed by atoms with E-state index >= 15 is 0 Å². The zero-order valence-electron chi connectivity index (χ0n) is 14.1. The van der Waals surface area contributed by atoms with Crippen LogP contribution in [0.4, 0.5) is 8.78 Å². The maximum atomic E-state index is 13.7. The van der Waals surface area contributed by atoms with E-state index in [1.54, 1.807) is 12.1 Å². The van der Waals surface area contributed by atoms with Gasteiger partial charge in [-0.1, -0.05) is 42.8 Å². The van der Waals surface area contributed by atoms with Crippen LogP contribution in [-0.2, 0) is 13.0 Å². The molecule has 0 aromatic heterocycles. The Bertz CT molecular complexity index is 895. The summed E-state index contributed by atoms with van der Waals surface area (Å²) in [5, 5.41) is 0.343. The molecule has 5 heteroatoms. The van der Waals surface area contributed by atoms with Crippen LogP contribution in [0.1, 0.15) is 18.1 Å². The summed E-state index contributed by atoms with van der Waals surface area (Å²) in [6, 6.07) is 16.1. The highest BCUT2D eigenvalue weighted by atomic mass is 35.5. The lowest BCUT2D eigenvalue weighted by Crippen LogP contribution is -1.97. The Kier molecular flexibility index (Phi) is 5.74. The van der Waals surface area contributed by atoms with Gasteiger partial charge in [-0.05, 0) is 41.8 Å². The van der Waals surface area contributed by atoms with E-state index in [0.29, 0.717) is 23.1 Å². The van der Waals surface area contributed by atoms with Gasteiger partial charge < -0.3 is 9.47 Å². The first kappa shape index (κ1) is 18.2. The summed E-state index contributed by atoms with van der Waals surface area (Å²) in [4.78, 5) is 0. The fourth-order valence-corrected chi connectivity index (χ4v) is 2.60. The van der Waals surface area contributed by atoms with Crippen molar-refractivity contribution in [3.63, 3.8) is 0 Å². The van der Waals surface area contributed by atoms with Crippen LogP contribution < -0.4 is 9.47 Å². The molecule has 0 fully saturated rings. The highest BCUT2D eigenvalue weighted by molar-refractivity contribution is 6.32. The molecule has 0 saturated carbocycles. The van der Waals surface area contributed by atoms with Crippen LogP contribution in [0.3, 0.4) is 0 Å². The van der Waals surface area contributed by atoms with Gasteiger partial charge in [-0.25, -0.2) is 8.78 Å². The molecule has 3 aromatic carbocycles. The third-order valence-corrected chi connectivity index (χ3v) is 4.15. The summed E-state index contributed by atoms with van der Waals surface area (Å²) in [6.07, 6.45) is 0.989. The fourth-order valence-electron chi connectivity index (χ4n) is 2.38. The maximum Gasteiger partial charge on any atom is 0.168 e. The molecule has 0 aliphatic carbocycles. The monoisotopic (exact) mass is 374 g/mol. The molecule has 0 unspecified atom stereocenters. The van der Waals surface area contributed by atoms with Gasteiger partial charge in [0.15, 0.2) is 11.6 Å². The van der Waals surface area contributed by atoms with Gasteiger partial charge in [0.05, 0.1) is 5.02 Å². The van der Waals surface area contributed by atoms with Crippen LogP contribution in [0.2, 0.25) is 5.02 Å². The average Bonchev–Trinajstić information content (AvgIpc) is 2.64. The van der Waals surface area contributed by atoms with Gasteiger partial charge in [-0.3, -0.25) is 0 Å². The Hall–Kier alpha value is -2.59. The quantitative estimate of drug-likeness (QED) is 0.487. The second-order valence-electron chi connectivity index (χ2n) is 5.73. The molecule has 26 heavy (non-hydrogen) atoms. The van der Waals surface area contributed by atoms with Crippen LogP contribution in [0.15, 0.2) is 60.7 Å². The molecule has 0 spiro atoms. The normalized spacial score (nSPS) is 10.6. The van der Waals surface area contributed by atoms with Crippen molar-refractivity contribution in [3.05, 3.63) is 88.4 Å². The number of ether oxygens (including phenoxy) is 2. The SMILES string of the molecule is CCc1ccc(COc2ccc(Oc3ccc(F)cc3F)cc2Cl)cc1. The number of benzene rings is 3. The van der Waals surface area contributed by atoms with E-state index in [-0.39, 0.29) is 5.75 Å². The summed E-state index contributed by atoms with van der Waals surface area (Å²) in [5.74, 6) is -0.689. The summed E-state index contributed by atoms with van der Waals surface area (Å²) in [7, 11) is 0. The molecule has 134 valence electrons. The van der Waals surface area contributed by atoms with E-state index < -0.39 is 11.6 Å². The van der Waals surface area contributed by atoms with Gasteiger partial charge >= 0.3 is 0 Å². The van der Waals surface area contributed by atoms with E-state index in [4.69, 9.17) is 21.1 Å². The minimum atomic E-state index is -0.781. The van der Waals surface area contributed by atoms with Gasteiger partial charge in [0.25, 0.3) is 0 Å². The lowest BCUT2D eigenvalue weighted by Gasteiger charge is -2.11. The lowest BCUT2D eigenvalue weighted by atomic mass is 10.1. The van der Waals surface area contributed by atoms with Crippen molar-refractivity contribution < 1.29 is 18.3 Å². The Balaban J connectivity index is 1.66. The fraction of sp³-hybridized carbons (Fsp3) is 0.143. The molecule has 0 heterocycles. The maximum absolute atomic E-state index is 13.7. The third-order valence-electron chi connectivity index (χ3n) is 3.85. The first-order valence-corrected chi connectivity index (χ1v) is 8.56. The first-order valence-electron chi connectivity index (χ1n) is 8.18. The lowest BCUT2D eigenvalue weighted by molar-refractivity contribution is 0.306. The Morgan fingerprint density at radius 1 is 0.846 bits per heavy atom. The predicted octanol–water partition coefficient (Wildman–Crippen LogP) is 6.55. The van der Waals surface area contributed by atoms with E-state index in [0.717, 1.165) is 24.1 Å². The summed E-state index contributed by atoms with van der Waals surface area (Å²) >= 11 is 6.22. The zero-order valence-corrected chi connectivity index (χ0v) is 14.9. The molecule has 0 aliphatic rings. The highest BCUT2D eigenvalue weighted by Gasteiger charge is 2.09. The molecule has 0 radical (unpaired) electrons. The zero-order chi connectivity index (χ0) is 18.5. The van der Waals surface area contributed by atoms with Gasteiger partial charge in [0.2, 0.25) is 0 Å².